The van der Waals surface area contributed by atoms with E-state index in [1.807, 2.05) is 24.3 Å². The smallest absolute Gasteiger partial charge is 0.193 e. The second-order valence-electron chi connectivity index (χ2n) is 5.05. The molecule has 0 radical (unpaired) electrons. The fraction of sp³-hybridized carbons (Fsp3) is 0.235. The van der Waals surface area contributed by atoms with Gasteiger partial charge < -0.3 is 0 Å². The molecule has 0 amide bonds. The normalized spacial score (nSPS) is 15.0. The molecule has 0 N–H and O–H groups in total. The summed E-state index contributed by atoms with van der Waals surface area (Å²) in [6, 6.07) is 13.6. The van der Waals surface area contributed by atoms with E-state index in [0.29, 0.717) is 11.5 Å². The van der Waals surface area contributed by atoms with E-state index in [4.69, 9.17) is 0 Å². The van der Waals surface area contributed by atoms with Crippen molar-refractivity contribution in [3.8, 4) is 0 Å². The number of carbonyl (C=O) groups excluding carboxylic acids is 1. The van der Waals surface area contributed by atoms with E-state index < -0.39 is 0 Å². The quantitative estimate of drug-likeness (QED) is 0.745. The van der Waals surface area contributed by atoms with Gasteiger partial charge in [-0.05, 0) is 48.6 Å². The van der Waals surface area contributed by atoms with Gasteiger partial charge in [0.25, 0.3) is 0 Å². The summed E-state index contributed by atoms with van der Waals surface area (Å²) in [5.41, 5.74) is 2.45. The van der Waals surface area contributed by atoms with E-state index in [1.54, 1.807) is 12.1 Å². The zero-order chi connectivity index (χ0) is 13.2. The van der Waals surface area contributed by atoms with Crippen molar-refractivity contribution in [1.82, 2.24) is 0 Å². The summed E-state index contributed by atoms with van der Waals surface area (Å²) in [4.78, 5) is 12.5. The maximum atomic E-state index is 12.9. The highest BCUT2D eigenvalue weighted by molar-refractivity contribution is 6.10. The molecule has 1 saturated carbocycles. The van der Waals surface area contributed by atoms with Crippen LogP contribution in [-0.2, 0) is 0 Å². The molecule has 1 fully saturated rings. The molecule has 96 valence electrons. The molecule has 3 rings (SSSR count). The van der Waals surface area contributed by atoms with E-state index >= 15 is 0 Å². The Balaban J connectivity index is 1.97. The van der Waals surface area contributed by atoms with Crippen molar-refractivity contribution < 1.29 is 9.18 Å². The third-order valence-corrected chi connectivity index (χ3v) is 3.86. The van der Waals surface area contributed by atoms with Crippen molar-refractivity contribution in [2.75, 3.05) is 0 Å². The third kappa shape index (κ3) is 2.30. The van der Waals surface area contributed by atoms with Crippen LogP contribution in [0.2, 0.25) is 0 Å². The van der Waals surface area contributed by atoms with Gasteiger partial charge in [0.15, 0.2) is 5.78 Å². The lowest BCUT2D eigenvalue weighted by Crippen LogP contribution is -2.14. The second kappa shape index (κ2) is 4.96. The average Bonchev–Trinajstić information content (AvgIpc) is 2.37. The highest BCUT2D eigenvalue weighted by atomic mass is 19.1. The molecule has 0 aliphatic heterocycles. The summed E-state index contributed by atoms with van der Waals surface area (Å²) in [7, 11) is 0. The average molecular weight is 254 g/mol. The molecule has 0 unspecified atom stereocenters. The zero-order valence-electron chi connectivity index (χ0n) is 10.6. The monoisotopic (exact) mass is 254 g/mol. The van der Waals surface area contributed by atoms with Gasteiger partial charge in [-0.3, -0.25) is 4.79 Å². The van der Waals surface area contributed by atoms with Gasteiger partial charge in [0.05, 0.1) is 0 Å². The number of ketones is 1. The highest BCUT2D eigenvalue weighted by Crippen LogP contribution is 2.38. The van der Waals surface area contributed by atoms with Crippen molar-refractivity contribution >= 4 is 5.78 Å². The molecule has 0 saturated heterocycles. The predicted octanol–water partition coefficient (Wildman–Crippen LogP) is 4.32. The van der Waals surface area contributed by atoms with Gasteiger partial charge in [-0.25, -0.2) is 4.39 Å². The summed E-state index contributed by atoms with van der Waals surface area (Å²) in [5, 5.41) is 0. The van der Waals surface area contributed by atoms with Crippen LogP contribution < -0.4 is 0 Å². The van der Waals surface area contributed by atoms with E-state index in [-0.39, 0.29) is 11.6 Å². The Morgan fingerprint density at radius 1 is 1.00 bits per heavy atom. The lowest BCUT2D eigenvalue weighted by atomic mass is 9.77. The number of carbonyl (C=O) groups is 1. The van der Waals surface area contributed by atoms with Crippen molar-refractivity contribution in [2.45, 2.75) is 25.2 Å². The molecule has 19 heavy (non-hydrogen) atoms. The third-order valence-electron chi connectivity index (χ3n) is 3.86. The van der Waals surface area contributed by atoms with E-state index in [2.05, 4.69) is 0 Å². The number of rotatable bonds is 3. The Bertz CT molecular complexity index is 597. The van der Waals surface area contributed by atoms with Crippen LogP contribution in [0.15, 0.2) is 48.5 Å². The molecule has 1 nitrogen and oxygen atoms in total. The molecule has 0 bridgehead atoms. The van der Waals surface area contributed by atoms with Gasteiger partial charge in [0.1, 0.15) is 5.82 Å². The Morgan fingerprint density at radius 2 is 1.68 bits per heavy atom. The minimum atomic E-state index is -0.316. The predicted molar refractivity (Wildman–Crippen MR) is 72.9 cm³/mol. The van der Waals surface area contributed by atoms with Crippen molar-refractivity contribution in [3.63, 3.8) is 0 Å². The Morgan fingerprint density at radius 3 is 2.32 bits per heavy atom. The topological polar surface area (TPSA) is 17.1 Å². The van der Waals surface area contributed by atoms with Crippen LogP contribution in [0.4, 0.5) is 4.39 Å². The van der Waals surface area contributed by atoms with Crippen LogP contribution in [0.1, 0.15) is 46.7 Å². The van der Waals surface area contributed by atoms with E-state index in [0.717, 1.165) is 24.0 Å². The van der Waals surface area contributed by atoms with E-state index in [9.17, 15) is 9.18 Å². The molecule has 2 heteroatoms. The molecule has 1 aliphatic carbocycles. The minimum Gasteiger partial charge on any atom is -0.289 e. The molecular weight excluding hydrogens is 239 g/mol. The van der Waals surface area contributed by atoms with Gasteiger partial charge >= 0.3 is 0 Å². The first-order valence-electron chi connectivity index (χ1n) is 6.65. The number of hydrogen-bond donors (Lipinski definition) is 0. The minimum absolute atomic E-state index is 0.0116. The molecule has 1 aliphatic rings. The molecule has 0 atom stereocenters. The summed E-state index contributed by atoms with van der Waals surface area (Å²) >= 11 is 0. The van der Waals surface area contributed by atoms with Crippen LogP contribution in [0.5, 0.6) is 0 Å². The van der Waals surface area contributed by atoms with Gasteiger partial charge in [0.2, 0.25) is 0 Å². The summed E-state index contributed by atoms with van der Waals surface area (Å²) < 4.78 is 12.9. The fourth-order valence-corrected chi connectivity index (χ4v) is 2.54. The largest absolute Gasteiger partial charge is 0.289 e. The molecule has 2 aromatic carbocycles. The maximum absolute atomic E-state index is 12.9. The zero-order valence-corrected chi connectivity index (χ0v) is 10.6. The number of halogens is 1. The Kier molecular flexibility index (Phi) is 3.16. The molecule has 2 aromatic rings. The molecule has 0 aromatic heterocycles. The lowest BCUT2D eigenvalue weighted by molar-refractivity contribution is 0.103. The Hall–Kier alpha value is -1.96. The van der Waals surface area contributed by atoms with Crippen LogP contribution >= 0.6 is 0 Å². The van der Waals surface area contributed by atoms with Crippen molar-refractivity contribution in [3.05, 3.63) is 71.0 Å². The molecular formula is C17H15FO. The van der Waals surface area contributed by atoms with Crippen molar-refractivity contribution in [1.29, 1.82) is 0 Å². The second-order valence-corrected chi connectivity index (χ2v) is 5.05. The van der Waals surface area contributed by atoms with Crippen LogP contribution in [0.3, 0.4) is 0 Å². The number of benzene rings is 2. The Labute approximate surface area is 112 Å². The van der Waals surface area contributed by atoms with Gasteiger partial charge in [-0.15, -0.1) is 0 Å². The standard InChI is InChI=1S/C17H15FO/c18-14-10-8-13(9-11-14)17(19)16-7-2-1-6-15(16)12-4-3-5-12/h1-2,6-12H,3-5H2. The SMILES string of the molecule is O=C(c1ccc(F)cc1)c1ccccc1C1CCC1. The van der Waals surface area contributed by atoms with Crippen LogP contribution in [-0.4, -0.2) is 5.78 Å². The van der Waals surface area contributed by atoms with Gasteiger partial charge in [-0.2, -0.15) is 0 Å². The van der Waals surface area contributed by atoms with Gasteiger partial charge in [0, 0.05) is 11.1 Å². The first-order chi connectivity index (χ1) is 9.25. The summed E-state index contributed by atoms with van der Waals surface area (Å²) in [6.07, 6.45) is 3.56. The first-order valence-corrected chi connectivity index (χ1v) is 6.65. The number of hydrogen-bond acceptors (Lipinski definition) is 1. The molecule has 0 spiro atoms. The maximum Gasteiger partial charge on any atom is 0.193 e. The lowest BCUT2D eigenvalue weighted by Gasteiger charge is -2.27. The van der Waals surface area contributed by atoms with Crippen LogP contribution in [0.25, 0.3) is 0 Å². The fourth-order valence-electron chi connectivity index (χ4n) is 2.54. The highest BCUT2D eigenvalue weighted by Gasteiger charge is 2.24. The molecule has 0 heterocycles. The van der Waals surface area contributed by atoms with Crippen molar-refractivity contribution in [2.24, 2.45) is 0 Å². The van der Waals surface area contributed by atoms with Gasteiger partial charge in [-0.1, -0.05) is 30.7 Å². The first kappa shape index (κ1) is 12.1. The van der Waals surface area contributed by atoms with Crippen LogP contribution in [0, 0.1) is 5.82 Å². The van der Waals surface area contributed by atoms with E-state index in [1.165, 1.54) is 18.6 Å². The summed E-state index contributed by atoms with van der Waals surface area (Å²) in [5.74, 6) is 0.187. The summed E-state index contributed by atoms with van der Waals surface area (Å²) in [6.45, 7) is 0.